The summed E-state index contributed by atoms with van der Waals surface area (Å²) in [6.07, 6.45) is -3.04. The second-order valence-corrected chi connectivity index (χ2v) is 5.29. The van der Waals surface area contributed by atoms with E-state index >= 15 is 0 Å². The van der Waals surface area contributed by atoms with Crippen molar-refractivity contribution in [2.75, 3.05) is 7.11 Å². The molecular weight excluding hydrogens is 283 g/mol. The molecule has 1 aliphatic carbocycles. The van der Waals surface area contributed by atoms with Crippen LogP contribution in [0.4, 0.5) is 13.2 Å². The smallest absolute Gasteiger partial charge is 0.414 e. The summed E-state index contributed by atoms with van der Waals surface area (Å²) in [6.45, 7) is 0.192. The third-order valence-corrected chi connectivity index (χ3v) is 4.03. The number of fused-ring (bicyclic) bond motifs is 2. The molecule has 0 aromatic heterocycles. The van der Waals surface area contributed by atoms with Gasteiger partial charge < -0.3 is 9.64 Å². The largest absolute Gasteiger partial charge is 0.497 e. The van der Waals surface area contributed by atoms with Crippen molar-refractivity contribution in [3.63, 3.8) is 0 Å². The summed E-state index contributed by atoms with van der Waals surface area (Å²) in [7, 11) is 1.54. The normalized spacial score (nSPS) is 24.5. The fourth-order valence-corrected chi connectivity index (χ4v) is 3.00. The Hall–Kier alpha value is -1.98. The zero-order valence-electron chi connectivity index (χ0n) is 11.4. The summed E-state index contributed by atoms with van der Waals surface area (Å²) >= 11 is 0. The first kappa shape index (κ1) is 14.0. The van der Waals surface area contributed by atoms with Crippen molar-refractivity contribution in [2.24, 2.45) is 5.92 Å². The van der Waals surface area contributed by atoms with Gasteiger partial charge in [0.05, 0.1) is 24.6 Å². The maximum Gasteiger partial charge on any atom is 0.414 e. The summed E-state index contributed by atoms with van der Waals surface area (Å²) in [6, 6.07) is 6.14. The zero-order chi connectivity index (χ0) is 15.2. The Morgan fingerprint density at radius 3 is 2.48 bits per heavy atom. The van der Waals surface area contributed by atoms with Gasteiger partial charge in [-0.1, -0.05) is 18.2 Å². The predicted octanol–water partition coefficient (Wildman–Crippen LogP) is 2.91. The predicted molar refractivity (Wildman–Crippen MR) is 69.6 cm³/mol. The molecule has 2 aliphatic rings. The fraction of sp³-hybridized carbons (Fsp3) is 0.400. The highest BCUT2D eigenvalue weighted by atomic mass is 19.4. The van der Waals surface area contributed by atoms with E-state index in [-0.39, 0.29) is 18.9 Å². The van der Waals surface area contributed by atoms with Gasteiger partial charge in [-0.2, -0.15) is 13.2 Å². The molecule has 1 amide bonds. The van der Waals surface area contributed by atoms with E-state index in [9.17, 15) is 18.0 Å². The van der Waals surface area contributed by atoms with Crippen LogP contribution in [0, 0.1) is 5.92 Å². The third kappa shape index (κ3) is 2.39. The number of carbonyl (C=O) groups is 1. The van der Waals surface area contributed by atoms with Crippen LogP contribution in [0.3, 0.4) is 0 Å². The summed E-state index contributed by atoms with van der Waals surface area (Å²) in [5.41, 5.74) is 0.207. The van der Waals surface area contributed by atoms with E-state index in [4.69, 9.17) is 4.74 Å². The maximum atomic E-state index is 12.9. The van der Waals surface area contributed by atoms with E-state index in [1.54, 1.807) is 31.4 Å². The van der Waals surface area contributed by atoms with Crippen molar-refractivity contribution < 1.29 is 22.7 Å². The Bertz CT molecular complexity index is 592. The quantitative estimate of drug-likeness (QED) is 0.803. The number of nitrogens with zero attached hydrogens (tertiary/aromatic N) is 1. The highest BCUT2D eigenvalue weighted by molar-refractivity contribution is 5.86. The Balaban J connectivity index is 1.80. The van der Waals surface area contributed by atoms with Crippen molar-refractivity contribution in [3.05, 3.63) is 41.5 Å². The van der Waals surface area contributed by atoms with Crippen LogP contribution < -0.4 is 4.74 Å². The van der Waals surface area contributed by atoms with Crippen LogP contribution in [0.1, 0.15) is 12.0 Å². The van der Waals surface area contributed by atoms with E-state index < -0.39 is 23.7 Å². The average Bonchev–Trinajstić information content (AvgIpc) is 3.00. The molecule has 2 bridgehead atoms. The number of carbonyl (C=O) groups excluding carboxylic acids is 1. The molecule has 1 aromatic carbocycles. The van der Waals surface area contributed by atoms with Crippen molar-refractivity contribution in [1.29, 1.82) is 0 Å². The van der Waals surface area contributed by atoms with Gasteiger partial charge in [0.1, 0.15) is 5.75 Å². The number of alkyl halides is 3. The molecule has 3 rings (SSSR count). The van der Waals surface area contributed by atoms with Crippen LogP contribution in [0.15, 0.2) is 35.9 Å². The topological polar surface area (TPSA) is 29.5 Å². The number of likely N-dealkylation sites (tertiary alicyclic amines) is 1. The minimum Gasteiger partial charge on any atom is -0.497 e. The van der Waals surface area contributed by atoms with Crippen LogP contribution in [0.25, 0.3) is 0 Å². The average molecular weight is 297 g/mol. The highest BCUT2D eigenvalue weighted by Crippen LogP contribution is 2.45. The summed E-state index contributed by atoms with van der Waals surface area (Å²) < 4.78 is 43.8. The summed E-state index contributed by atoms with van der Waals surface area (Å²) in [4.78, 5) is 13.4. The van der Waals surface area contributed by atoms with Crippen molar-refractivity contribution in [1.82, 2.24) is 4.90 Å². The first-order chi connectivity index (χ1) is 9.90. The molecule has 1 heterocycles. The minimum atomic E-state index is -4.36. The molecule has 1 saturated heterocycles. The monoisotopic (exact) mass is 297 g/mol. The van der Waals surface area contributed by atoms with Gasteiger partial charge >= 0.3 is 6.18 Å². The molecule has 112 valence electrons. The standard InChI is InChI=1S/C15H14F3NO2/c1-21-11-4-2-9(3-5-11)8-19-13-7-10(14(19)20)6-12(13)15(16,17)18/h2-6,10,13H,7-8H2,1H3/t10-,13-/m0/s1. The van der Waals surface area contributed by atoms with Crippen LogP contribution >= 0.6 is 0 Å². The lowest BCUT2D eigenvalue weighted by molar-refractivity contribution is -0.134. The van der Waals surface area contributed by atoms with Gasteiger partial charge in [-0.3, -0.25) is 4.79 Å². The van der Waals surface area contributed by atoms with Crippen LogP contribution in [-0.2, 0) is 11.3 Å². The lowest BCUT2D eigenvalue weighted by Gasteiger charge is -2.29. The van der Waals surface area contributed by atoms with Crippen LogP contribution in [0.2, 0.25) is 0 Å². The highest BCUT2D eigenvalue weighted by Gasteiger charge is 2.53. The molecule has 6 heteroatoms. The molecule has 1 aliphatic heterocycles. The Kier molecular flexibility index (Phi) is 3.19. The summed E-state index contributed by atoms with van der Waals surface area (Å²) in [5, 5.41) is 0. The molecule has 0 unspecified atom stereocenters. The van der Waals surface area contributed by atoms with Crippen molar-refractivity contribution in [3.8, 4) is 5.75 Å². The molecule has 1 fully saturated rings. The van der Waals surface area contributed by atoms with Gasteiger partial charge in [-0.25, -0.2) is 0 Å². The number of rotatable bonds is 3. The summed E-state index contributed by atoms with van der Waals surface area (Å²) in [5.74, 6) is -0.169. The number of benzene rings is 1. The Labute approximate surface area is 120 Å². The van der Waals surface area contributed by atoms with Gasteiger partial charge in [-0.05, 0) is 24.1 Å². The second kappa shape index (κ2) is 4.79. The first-order valence-electron chi connectivity index (χ1n) is 6.62. The third-order valence-electron chi connectivity index (χ3n) is 4.03. The van der Waals surface area contributed by atoms with Gasteiger partial charge in [0.25, 0.3) is 0 Å². The number of halogens is 3. The van der Waals surface area contributed by atoms with Gasteiger partial charge in [0.15, 0.2) is 0 Å². The number of methoxy groups -OCH3 is 1. The molecule has 0 saturated carbocycles. The molecule has 2 atom stereocenters. The molecule has 21 heavy (non-hydrogen) atoms. The maximum absolute atomic E-state index is 12.9. The first-order valence-corrected chi connectivity index (χ1v) is 6.62. The van der Waals surface area contributed by atoms with E-state index in [1.807, 2.05) is 0 Å². The van der Waals surface area contributed by atoms with E-state index in [1.165, 1.54) is 4.90 Å². The molecule has 3 nitrogen and oxygen atoms in total. The SMILES string of the molecule is COc1ccc(CN2C(=O)[C@H]3C=C(C(F)(F)F)[C@@H]2C3)cc1. The van der Waals surface area contributed by atoms with E-state index in [0.717, 1.165) is 11.6 Å². The molecule has 0 N–H and O–H groups in total. The fourth-order valence-electron chi connectivity index (χ4n) is 3.00. The molecule has 0 spiro atoms. The zero-order valence-corrected chi connectivity index (χ0v) is 11.4. The Morgan fingerprint density at radius 1 is 1.29 bits per heavy atom. The molecule has 1 aromatic rings. The van der Waals surface area contributed by atoms with Gasteiger partial charge in [0.2, 0.25) is 5.91 Å². The van der Waals surface area contributed by atoms with Gasteiger partial charge in [-0.15, -0.1) is 0 Å². The van der Waals surface area contributed by atoms with E-state index in [0.29, 0.717) is 5.75 Å². The Morgan fingerprint density at radius 2 is 1.95 bits per heavy atom. The van der Waals surface area contributed by atoms with Crippen LogP contribution in [0.5, 0.6) is 5.75 Å². The lowest BCUT2D eigenvalue weighted by atomic mass is 10.1. The van der Waals surface area contributed by atoms with E-state index in [2.05, 4.69) is 0 Å². The van der Waals surface area contributed by atoms with Crippen molar-refractivity contribution >= 4 is 5.91 Å². The molecular formula is C15H14F3NO2. The van der Waals surface area contributed by atoms with Gasteiger partial charge in [0, 0.05) is 6.54 Å². The van der Waals surface area contributed by atoms with Crippen LogP contribution in [-0.4, -0.2) is 30.1 Å². The molecule has 0 radical (unpaired) electrons. The number of amides is 1. The van der Waals surface area contributed by atoms with Crippen molar-refractivity contribution in [2.45, 2.75) is 25.2 Å². The number of hydrogen-bond acceptors (Lipinski definition) is 2. The second-order valence-electron chi connectivity index (χ2n) is 5.29. The number of ether oxygens (including phenoxy) is 1. The number of hydrogen-bond donors (Lipinski definition) is 0. The minimum absolute atomic E-state index is 0.192. The lowest BCUT2D eigenvalue weighted by Crippen LogP contribution is -2.40.